The molecule has 0 spiro atoms. The molecule has 1 aliphatic rings. The van der Waals surface area contributed by atoms with Crippen molar-refractivity contribution < 1.29 is 13.6 Å². The van der Waals surface area contributed by atoms with Crippen molar-refractivity contribution in [3.8, 4) is 0 Å². The summed E-state index contributed by atoms with van der Waals surface area (Å²) in [5.74, 6) is -0.456. The lowest BCUT2D eigenvalue weighted by atomic mass is 10.00. The molecule has 1 fully saturated rings. The lowest BCUT2D eigenvalue weighted by Gasteiger charge is -2.43. The first kappa shape index (κ1) is 19.3. The molecule has 1 unspecified atom stereocenters. The van der Waals surface area contributed by atoms with E-state index in [-0.39, 0.29) is 22.9 Å². The van der Waals surface area contributed by atoms with Crippen LogP contribution in [0.3, 0.4) is 0 Å². The Morgan fingerprint density at radius 1 is 1.30 bits per heavy atom. The Hall–Kier alpha value is -2.48. The van der Waals surface area contributed by atoms with Crippen molar-refractivity contribution in [3.05, 3.63) is 47.4 Å². The van der Waals surface area contributed by atoms with Crippen molar-refractivity contribution in [2.24, 2.45) is 5.92 Å². The van der Waals surface area contributed by atoms with Gasteiger partial charge in [0, 0.05) is 31.9 Å². The SMILES string of the molecule is CC(C)C1CN(c2ccnc(Cl)n2)CCN1C(=O)Nc1cc(F)ccc1F. The Balaban J connectivity index is 1.75. The number of nitrogens with zero attached hydrogens (tertiary/aromatic N) is 4. The van der Waals surface area contributed by atoms with Gasteiger partial charge in [0.05, 0.1) is 11.7 Å². The maximum absolute atomic E-state index is 13.8. The average molecular weight is 396 g/mol. The van der Waals surface area contributed by atoms with E-state index in [0.29, 0.717) is 25.5 Å². The predicted molar refractivity (Wildman–Crippen MR) is 100.0 cm³/mol. The summed E-state index contributed by atoms with van der Waals surface area (Å²) in [5.41, 5.74) is -0.174. The van der Waals surface area contributed by atoms with E-state index < -0.39 is 17.7 Å². The van der Waals surface area contributed by atoms with E-state index in [9.17, 15) is 13.6 Å². The van der Waals surface area contributed by atoms with E-state index in [4.69, 9.17) is 11.6 Å². The van der Waals surface area contributed by atoms with Crippen LogP contribution in [0.2, 0.25) is 5.28 Å². The van der Waals surface area contributed by atoms with E-state index in [1.807, 2.05) is 18.7 Å². The first-order chi connectivity index (χ1) is 12.8. The summed E-state index contributed by atoms with van der Waals surface area (Å²) in [6.07, 6.45) is 1.58. The molecule has 2 heterocycles. The van der Waals surface area contributed by atoms with Crippen molar-refractivity contribution >= 4 is 29.1 Å². The Labute approximate surface area is 161 Å². The molecule has 0 bridgehead atoms. The number of carbonyl (C=O) groups excluding carboxylic acids is 1. The number of hydrogen-bond acceptors (Lipinski definition) is 4. The number of benzene rings is 1. The number of amides is 2. The minimum atomic E-state index is -0.680. The summed E-state index contributed by atoms with van der Waals surface area (Å²) in [6.45, 7) is 5.50. The number of halogens is 3. The highest BCUT2D eigenvalue weighted by Crippen LogP contribution is 2.24. The Kier molecular flexibility index (Phi) is 5.74. The van der Waals surface area contributed by atoms with E-state index in [1.54, 1.807) is 17.2 Å². The number of nitrogens with one attached hydrogen (secondary N) is 1. The molecule has 1 saturated heterocycles. The molecule has 3 rings (SSSR count). The normalized spacial score (nSPS) is 17.3. The number of piperazine rings is 1. The molecule has 27 heavy (non-hydrogen) atoms. The van der Waals surface area contributed by atoms with Crippen LogP contribution in [0.1, 0.15) is 13.8 Å². The molecule has 1 aromatic heterocycles. The van der Waals surface area contributed by atoms with Crippen molar-refractivity contribution in [1.82, 2.24) is 14.9 Å². The standard InChI is InChI=1S/C18H20ClF2N5O/c1-11(2)15-10-25(16-5-6-22-17(19)24-16)7-8-26(15)18(27)23-14-9-12(20)3-4-13(14)21/h3-6,9,11,15H,7-8,10H2,1-2H3,(H,23,27). The molecule has 2 amide bonds. The van der Waals surface area contributed by atoms with Crippen LogP contribution in [0.5, 0.6) is 0 Å². The summed E-state index contributed by atoms with van der Waals surface area (Å²) in [6, 6.07) is 4.13. The van der Waals surface area contributed by atoms with Gasteiger partial charge in [-0.05, 0) is 35.7 Å². The molecule has 1 atom stereocenters. The van der Waals surface area contributed by atoms with Gasteiger partial charge in [-0.25, -0.2) is 23.5 Å². The number of urea groups is 1. The van der Waals surface area contributed by atoms with E-state index in [1.165, 1.54) is 0 Å². The number of carbonyl (C=O) groups is 1. The first-order valence-electron chi connectivity index (χ1n) is 8.61. The van der Waals surface area contributed by atoms with Gasteiger partial charge in [-0.15, -0.1) is 0 Å². The molecule has 1 N–H and O–H groups in total. The fourth-order valence-corrected chi connectivity index (χ4v) is 3.27. The predicted octanol–water partition coefficient (Wildman–Crippen LogP) is 3.79. The van der Waals surface area contributed by atoms with Crippen molar-refractivity contribution in [2.75, 3.05) is 29.9 Å². The van der Waals surface area contributed by atoms with Crippen molar-refractivity contribution in [2.45, 2.75) is 19.9 Å². The Bertz CT molecular complexity index is 835. The van der Waals surface area contributed by atoms with Crippen molar-refractivity contribution in [1.29, 1.82) is 0 Å². The van der Waals surface area contributed by atoms with Crippen LogP contribution in [-0.2, 0) is 0 Å². The highest BCUT2D eigenvalue weighted by atomic mass is 35.5. The third-order valence-electron chi connectivity index (χ3n) is 4.55. The average Bonchev–Trinajstić information content (AvgIpc) is 2.64. The van der Waals surface area contributed by atoms with Gasteiger partial charge in [0.1, 0.15) is 17.5 Å². The highest BCUT2D eigenvalue weighted by molar-refractivity contribution is 6.28. The minimum Gasteiger partial charge on any atom is -0.353 e. The van der Waals surface area contributed by atoms with Crippen LogP contribution < -0.4 is 10.2 Å². The van der Waals surface area contributed by atoms with Gasteiger partial charge < -0.3 is 15.1 Å². The number of rotatable bonds is 3. The van der Waals surface area contributed by atoms with E-state index >= 15 is 0 Å². The molecule has 0 aliphatic carbocycles. The topological polar surface area (TPSA) is 61.4 Å². The van der Waals surface area contributed by atoms with Crippen LogP contribution in [0.15, 0.2) is 30.5 Å². The number of anilines is 2. The quantitative estimate of drug-likeness (QED) is 0.803. The van der Waals surface area contributed by atoms with Gasteiger partial charge in [0.15, 0.2) is 0 Å². The maximum atomic E-state index is 13.8. The molecule has 144 valence electrons. The third-order valence-corrected chi connectivity index (χ3v) is 4.74. The molecular formula is C18H20ClF2N5O. The summed E-state index contributed by atoms with van der Waals surface area (Å²) in [7, 11) is 0. The summed E-state index contributed by atoms with van der Waals surface area (Å²) < 4.78 is 27.2. The second-order valence-electron chi connectivity index (χ2n) is 6.69. The molecule has 2 aromatic rings. The van der Waals surface area contributed by atoms with Crippen LogP contribution >= 0.6 is 11.6 Å². The smallest absolute Gasteiger partial charge is 0.322 e. The monoisotopic (exact) mass is 395 g/mol. The second kappa shape index (κ2) is 8.04. The second-order valence-corrected chi connectivity index (χ2v) is 7.03. The van der Waals surface area contributed by atoms with Crippen LogP contribution in [0.4, 0.5) is 25.1 Å². The Morgan fingerprint density at radius 2 is 2.07 bits per heavy atom. The summed E-state index contributed by atoms with van der Waals surface area (Å²) in [5, 5.41) is 2.64. The summed E-state index contributed by atoms with van der Waals surface area (Å²) >= 11 is 5.87. The minimum absolute atomic E-state index is 0.135. The van der Waals surface area contributed by atoms with Gasteiger partial charge >= 0.3 is 6.03 Å². The van der Waals surface area contributed by atoms with Gasteiger partial charge in [0.25, 0.3) is 0 Å². The van der Waals surface area contributed by atoms with Crippen LogP contribution in [0.25, 0.3) is 0 Å². The zero-order valence-corrected chi connectivity index (χ0v) is 15.7. The lowest BCUT2D eigenvalue weighted by molar-refractivity contribution is 0.156. The van der Waals surface area contributed by atoms with Gasteiger partial charge in [-0.2, -0.15) is 0 Å². The zero-order valence-electron chi connectivity index (χ0n) is 15.0. The third kappa shape index (κ3) is 4.44. The van der Waals surface area contributed by atoms with Crippen molar-refractivity contribution in [3.63, 3.8) is 0 Å². The number of hydrogen-bond donors (Lipinski definition) is 1. The lowest BCUT2D eigenvalue weighted by Crippen LogP contribution is -2.58. The van der Waals surface area contributed by atoms with Crippen LogP contribution in [0, 0.1) is 17.6 Å². The van der Waals surface area contributed by atoms with E-state index in [2.05, 4.69) is 15.3 Å². The molecule has 0 saturated carbocycles. The molecule has 0 radical (unpaired) electrons. The van der Waals surface area contributed by atoms with Gasteiger partial charge in [-0.3, -0.25) is 0 Å². The largest absolute Gasteiger partial charge is 0.353 e. The van der Waals surface area contributed by atoms with E-state index in [0.717, 1.165) is 18.2 Å². The van der Waals surface area contributed by atoms with Crippen LogP contribution in [-0.4, -0.2) is 46.6 Å². The zero-order chi connectivity index (χ0) is 19.6. The molecule has 1 aliphatic heterocycles. The Morgan fingerprint density at radius 3 is 2.78 bits per heavy atom. The molecule has 1 aromatic carbocycles. The highest BCUT2D eigenvalue weighted by Gasteiger charge is 2.33. The van der Waals surface area contributed by atoms with Gasteiger partial charge in [-0.1, -0.05) is 13.8 Å². The molecular weight excluding hydrogens is 376 g/mol. The number of aromatic nitrogens is 2. The first-order valence-corrected chi connectivity index (χ1v) is 8.99. The molecule has 9 heteroatoms. The van der Waals surface area contributed by atoms with Gasteiger partial charge in [0.2, 0.25) is 5.28 Å². The summed E-state index contributed by atoms with van der Waals surface area (Å²) in [4.78, 5) is 24.5. The fourth-order valence-electron chi connectivity index (χ4n) is 3.12. The fraction of sp³-hybridized carbons (Fsp3) is 0.389. The molecule has 6 nitrogen and oxygen atoms in total. The maximum Gasteiger partial charge on any atom is 0.322 e.